The van der Waals surface area contributed by atoms with E-state index in [0.717, 1.165) is 49.5 Å². The molecule has 4 rings (SSSR count). The quantitative estimate of drug-likeness (QED) is 0.722. The van der Waals surface area contributed by atoms with Gasteiger partial charge in [-0.15, -0.1) is 0 Å². The summed E-state index contributed by atoms with van der Waals surface area (Å²) in [6.45, 7) is 0.850. The summed E-state index contributed by atoms with van der Waals surface area (Å²) in [7, 11) is 0. The zero-order chi connectivity index (χ0) is 14.8. The van der Waals surface area contributed by atoms with Crippen LogP contribution in [0, 0.1) is 0 Å². The van der Waals surface area contributed by atoms with Crippen molar-refractivity contribution < 1.29 is 9.26 Å². The second-order valence-electron chi connectivity index (χ2n) is 5.64. The van der Waals surface area contributed by atoms with Crippen molar-refractivity contribution in [3.8, 4) is 0 Å². The Labute approximate surface area is 128 Å². The second kappa shape index (κ2) is 5.88. The van der Waals surface area contributed by atoms with Crippen LogP contribution in [0.1, 0.15) is 30.3 Å². The lowest BCUT2D eigenvalue weighted by Gasteiger charge is -2.03. The predicted molar refractivity (Wildman–Crippen MR) is 79.6 cm³/mol. The summed E-state index contributed by atoms with van der Waals surface area (Å²) in [4.78, 5) is 9.02. The SMILES string of the molecule is c1ccn2cc(CCc3nc(CC4CCCO4)no3)nc2c1. The highest BCUT2D eigenvalue weighted by Crippen LogP contribution is 2.16. The maximum Gasteiger partial charge on any atom is 0.227 e. The van der Waals surface area contributed by atoms with E-state index in [2.05, 4.69) is 15.1 Å². The van der Waals surface area contributed by atoms with Gasteiger partial charge in [0, 0.05) is 31.8 Å². The molecule has 0 spiro atoms. The molecule has 114 valence electrons. The van der Waals surface area contributed by atoms with Crippen LogP contribution in [0.2, 0.25) is 0 Å². The van der Waals surface area contributed by atoms with Gasteiger partial charge in [0.2, 0.25) is 5.89 Å². The first kappa shape index (κ1) is 13.5. The molecule has 1 aliphatic heterocycles. The number of hydrogen-bond acceptors (Lipinski definition) is 5. The molecule has 0 amide bonds. The minimum Gasteiger partial charge on any atom is -0.378 e. The fraction of sp³-hybridized carbons (Fsp3) is 0.438. The molecule has 22 heavy (non-hydrogen) atoms. The zero-order valence-electron chi connectivity index (χ0n) is 12.3. The molecule has 0 bridgehead atoms. The smallest absolute Gasteiger partial charge is 0.227 e. The number of imidazole rings is 1. The van der Waals surface area contributed by atoms with E-state index < -0.39 is 0 Å². The van der Waals surface area contributed by atoms with E-state index in [1.165, 1.54) is 0 Å². The van der Waals surface area contributed by atoms with Crippen LogP contribution in [0.3, 0.4) is 0 Å². The Balaban J connectivity index is 1.37. The molecule has 3 aromatic rings. The van der Waals surface area contributed by atoms with Gasteiger partial charge in [-0.1, -0.05) is 11.2 Å². The van der Waals surface area contributed by atoms with Gasteiger partial charge in [-0.25, -0.2) is 4.98 Å². The standard InChI is InChI=1S/C16H18N4O2/c1-2-8-20-11-12(17-15(20)5-1)6-7-16-18-14(19-22-16)10-13-4-3-9-21-13/h1-2,5,8,11,13H,3-4,6-7,9-10H2. The third kappa shape index (κ3) is 2.87. The third-order valence-corrected chi connectivity index (χ3v) is 3.95. The normalized spacial score (nSPS) is 18.3. The molecule has 1 aliphatic rings. The molecule has 0 aromatic carbocycles. The van der Waals surface area contributed by atoms with Crippen LogP contribution >= 0.6 is 0 Å². The molecule has 1 unspecified atom stereocenters. The van der Waals surface area contributed by atoms with Crippen molar-refractivity contribution in [3.63, 3.8) is 0 Å². The number of fused-ring (bicyclic) bond motifs is 1. The largest absolute Gasteiger partial charge is 0.378 e. The summed E-state index contributed by atoms with van der Waals surface area (Å²) in [5.74, 6) is 1.42. The monoisotopic (exact) mass is 298 g/mol. The van der Waals surface area contributed by atoms with Crippen molar-refractivity contribution in [2.75, 3.05) is 6.61 Å². The van der Waals surface area contributed by atoms with Gasteiger partial charge in [0.1, 0.15) is 5.65 Å². The maximum atomic E-state index is 5.59. The van der Waals surface area contributed by atoms with Gasteiger partial charge in [-0.3, -0.25) is 0 Å². The minimum absolute atomic E-state index is 0.254. The molecule has 1 atom stereocenters. The molecule has 4 heterocycles. The van der Waals surface area contributed by atoms with Gasteiger partial charge in [0.25, 0.3) is 0 Å². The van der Waals surface area contributed by atoms with Crippen molar-refractivity contribution in [1.82, 2.24) is 19.5 Å². The molecule has 1 fully saturated rings. The van der Waals surface area contributed by atoms with Gasteiger partial charge in [0.15, 0.2) is 5.82 Å². The van der Waals surface area contributed by atoms with Crippen molar-refractivity contribution in [1.29, 1.82) is 0 Å². The molecule has 3 aromatic heterocycles. The Kier molecular flexibility index (Phi) is 3.60. The Morgan fingerprint density at radius 1 is 1.23 bits per heavy atom. The fourth-order valence-electron chi connectivity index (χ4n) is 2.83. The van der Waals surface area contributed by atoms with E-state index in [1.807, 2.05) is 35.0 Å². The van der Waals surface area contributed by atoms with Crippen LogP contribution in [0.5, 0.6) is 0 Å². The lowest BCUT2D eigenvalue weighted by molar-refractivity contribution is 0.109. The molecule has 1 saturated heterocycles. The van der Waals surface area contributed by atoms with Crippen LogP contribution in [0.25, 0.3) is 5.65 Å². The molecular formula is C16H18N4O2. The Hall–Kier alpha value is -2.21. The van der Waals surface area contributed by atoms with Gasteiger partial charge in [0.05, 0.1) is 11.8 Å². The Bertz CT molecular complexity index is 725. The summed E-state index contributed by atoms with van der Waals surface area (Å²) in [5.41, 5.74) is 1.99. The average molecular weight is 298 g/mol. The first-order valence-corrected chi connectivity index (χ1v) is 7.72. The number of pyridine rings is 1. The summed E-state index contributed by atoms with van der Waals surface area (Å²) >= 11 is 0. The summed E-state index contributed by atoms with van der Waals surface area (Å²) < 4.78 is 12.9. The Morgan fingerprint density at radius 3 is 3.09 bits per heavy atom. The highest BCUT2D eigenvalue weighted by molar-refractivity contribution is 5.39. The molecule has 0 aliphatic carbocycles. The van der Waals surface area contributed by atoms with Crippen molar-refractivity contribution >= 4 is 5.65 Å². The minimum atomic E-state index is 0.254. The van der Waals surface area contributed by atoms with Gasteiger partial charge in [-0.05, 0) is 31.4 Å². The van der Waals surface area contributed by atoms with Gasteiger partial charge >= 0.3 is 0 Å². The Morgan fingerprint density at radius 2 is 2.23 bits per heavy atom. The summed E-state index contributed by atoms with van der Waals surface area (Å²) in [5, 5.41) is 4.04. The van der Waals surface area contributed by atoms with Gasteiger partial charge < -0.3 is 13.7 Å². The van der Waals surface area contributed by atoms with Crippen molar-refractivity contribution in [3.05, 3.63) is 48.0 Å². The molecular weight excluding hydrogens is 280 g/mol. The van der Waals surface area contributed by atoms with Crippen molar-refractivity contribution in [2.45, 2.75) is 38.2 Å². The molecule has 6 heteroatoms. The van der Waals surface area contributed by atoms with E-state index in [-0.39, 0.29) is 6.10 Å². The fourth-order valence-corrected chi connectivity index (χ4v) is 2.83. The van der Waals surface area contributed by atoms with E-state index in [1.54, 1.807) is 0 Å². The van der Waals surface area contributed by atoms with E-state index in [4.69, 9.17) is 9.26 Å². The van der Waals surface area contributed by atoms with Crippen LogP contribution in [0.4, 0.5) is 0 Å². The topological polar surface area (TPSA) is 65.5 Å². The van der Waals surface area contributed by atoms with Crippen LogP contribution < -0.4 is 0 Å². The highest BCUT2D eigenvalue weighted by atomic mass is 16.5. The lowest BCUT2D eigenvalue weighted by atomic mass is 10.2. The molecule has 0 N–H and O–H groups in total. The molecule has 6 nitrogen and oxygen atoms in total. The third-order valence-electron chi connectivity index (χ3n) is 3.95. The predicted octanol–water partition coefficient (Wildman–Crippen LogP) is 2.22. The first-order chi connectivity index (χ1) is 10.9. The van der Waals surface area contributed by atoms with Crippen LogP contribution in [-0.4, -0.2) is 32.2 Å². The number of aryl methyl sites for hydroxylation is 2. The van der Waals surface area contributed by atoms with Crippen LogP contribution in [0.15, 0.2) is 35.1 Å². The highest BCUT2D eigenvalue weighted by Gasteiger charge is 2.19. The summed E-state index contributed by atoms with van der Waals surface area (Å²) in [6.07, 6.45) is 8.76. The number of rotatable bonds is 5. The molecule has 0 radical (unpaired) electrons. The molecule has 0 saturated carbocycles. The number of nitrogens with zero attached hydrogens (tertiary/aromatic N) is 4. The van der Waals surface area contributed by atoms with E-state index in [9.17, 15) is 0 Å². The number of ether oxygens (including phenoxy) is 1. The first-order valence-electron chi connectivity index (χ1n) is 7.72. The van der Waals surface area contributed by atoms with Crippen molar-refractivity contribution in [2.24, 2.45) is 0 Å². The van der Waals surface area contributed by atoms with Crippen LogP contribution in [-0.2, 0) is 24.0 Å². The average Bonchev–Trinajstić information content (AvgIpc) is 3.26. The second-order valence-corrected chi connectivity index (χ2v) is 5.64. The maximum absolute atomic E-state index is 5.59. The number of hydrogen-bond donors (Lipinski definition) is 0. The summed E-state index contributed by atoms with van der Waals surface area (Å²) in [6, 6.07) is 5.98. The van der Waals surface area contributed by atoms with E-state index >= 15 is 0 Å². The van der Waals surface area contributed by atoms with E-state index in [0.29, 0.717) is 12.3 Å². The zero-order valence-corrected chi connectivity index (χ0v) is 12.3. The van der Waals surface area contributed by atoms with Gasteiger partial charge in [-0.2, -0.15) is 4.98 Å². The number of aromatic nitrogens is 4. The lowest BCUT2D eigenvalue weighted by Crippen LogP contribution is -2.09.